The fourth-order valence-electron chi connectivity index (χ4n) is 1.93. The van der Waals surface area contributed by atoms with E-state index in [1.165, 1.54) is 45.1 Å². The Bertz CT molecular complexity index is 106. The van der Waals surface area contributed by atoms with Gasteiger partial charge in [-0.2, -0.15) is 0 Å². The van der Waals surface area contributed by atoms with Gasteiger partial charge in [0.25, 0.3) is 0 Å². The SMILES string of the molecule is CCCC(CCC)CCN[C@@H](C)CC. The molecule has 0 unspecified atom stereocenters. The lowest BCUT2D eigenvalue weighted by Gasteiger charge is -2.17. The smallest absolute Gasteiger partial charge is 0.00361 e. The predicted molar refractivity (Wildman–Crippen MR) is 65.7 cm³/mol. The highest BCUT2D eigenvalue weighted by Gasteiger charge is 2.06. The maximum Gasteiger partial charge on any atom is 0.00361 e. The molecule has 0 aliphatic carbocycles. The molecule has 0 aromatic rings. The average Bonchev–Trinajstić information content (AvgIpc) is 2.18. The lowest BCUT2D eigenvalue weighted by molar-refractivity contribution is 0.387. The van der Waals surface area contributed by atoms with Gasteiger partial charge in [-0.05, 0) is 32.2 Å². The number of rotatable bonds is 9. The first kappa shape index (κ1) is 14.0. The van der Waals surface area contributed by atoms with Crippen LogP contribution in [0.1, 0.15) is 66.2 Å². The summed E-state index contributed by atoms with van der Waals surface area (Å²) in [6, 6.07) is 0.693. The van der Waals surface area contributed by atoms with Gasteiger partial charge < -0.3 is 5.32 Å². The molecule has 1 nitrogen and oxygen atoms in total. The van der Waals surface area contributed by atoms with Crippen LogP contribution in [0.3, 0.4) is 0 Å². The second-order valence-corrected chi connectivity index (χ2v) is 4.50. The van der Waals surface area contributed by atoms with Gasteiger partial charge in [-0.3, -0.25) is 0 Å². The van der Waals surface area contributed by atoms with Gasteiger partial charge in [0.1, 0.15) is 0 Å². The minimum absolute atomic E-state index is 0.693. The Morgan fingerprint density at radius 3 is 1.93 bits per heavy atom. The summed E-state index contributed by atoms with van der Waals surface area (Å²) < 4.78 is 0. The second-order valence-electron chi connectivity index (χ2n) is 4.50. The Morgan fingerprint density at radius 2 is 1.50 bits per heavy atom. The topological polar surface area (TPSA) is 12.0 Å². The highest BCUT2D eigenvalue weighted by atomic mass is 14.9. The van der Waals surface area contributed by atoms with Crippen LogP contribution in [0.4, 0.5) is 0 Å². The van der Waals surface area contributed by atoms with Crippen molar-refractivity contribution in [3.05, 3.63) is 0 Å². The van der Waals surface area contributed by atoms with Gasteiger partial charge in [-0.1, -0.05) is 46.5 Å². The monoisotopic (exact) mass is 199 g/mol. The molecule has 0 bridgehead atoms. The maximum absolute atomic E-state index is 3.58. The van der Waals surface area contributed by atoms with Crippen molar-refractivity contribution < 1.29 is 0 Å². The minimum atomic E-state index is 0.693. The van der Waals surface area contributed by atoms with Crippen molar-refractivity contribution in [2.75, 3.05) is 6.54 Å². The third kappa shape index (κ3) is 7.37. The molecule has 0 saturated heterocycles. The largest absolute Gasteiger partial charge is 0.314 e. The average molecular weight is 199 g/mol. The van der Waals surface area contributed by atoms with E-state index in [1.54, 1.807) is 0 Å². The molecule has 0 aliphatic rings. The first-order chi connectivity index (χ1) is 6.74. The van der Waals surface area contributed by atoms with Crippen molar-refractivity contribution in [1.82, 2.24) is 5.32 Å². The third-order valence-corrected chi connectivity index (χ3v) is 3.05. The van der Waals surface area contributed by atoms with Crippen molar-refractivity contribution in [1.29, 1.82) is 0 Å². The van der Waals surface area contributed by atoms with Crippen LogP contribution >= 0.6 is 0 Å². The molecule has 14 heavy (non-hydrogen) atoms. The third-order valence-electron chi connectivity index (χ3n) is 3.05. The van der Waals surface area contributed by atoms with Gasteiger partial charge in [0.15, 0.2) is 0 Å². The summed E-state index contributed by atoms with van der Waals surface area (Å²) in [6.07, 6.45) is 8.12. The van der Waals surface area contributed by atoms with Crippen LogP contribution < -0.4 is 5.32 Å². The second kappa shape index (κ2) is 9.51. The first-order valence-corrected chi connectivity index (χ1v) is 6.47. The van der Waals surface area contributed by atoms with E-state index in [-0.39, 0.29) is 0 Å². The van der Waals surface area contributed by atoms with Crippen LogP contribution in [-0.4, -0.2) is 12.6 Å². The van der Waals surface area contributed by atoms with E-state index >= 15 is 0 Å². The van der Waals surface area contributed by atoms with Gasteiger partial charge in [-0.25, -0.2) is 0 Å². The highest BCUT2D eigenvalue weighted by molar-refractivity contribution is 4.63. The lowest BCUT2D eigenvalue weighted by atomic mass is 9.95. The normalized spacial score (nSPS) is 13.5. The van der Waals surface area contributed by atoms with Gasteiger partial charge >= 0.3 is 0 Å². The van der Waals surface area contributed by atoms with E-state index in [0.717, 1.165) is 5.92 Å². The minimum Gasteiger partial charge on any atom is -0.314 e. The van der Waals surface area contributed by atoms with Gasteiger partial charge in [-0.15, -0.1) is 0 Å². The van der Waals surface area contributed by atoms with E-state index in [1.807, 2.05) is 0 Å². The molecule has 0 heterocycles. The Morgan fingerprint density at radius 1 is 0.929 bits per heavy atom. The number of hydrogen-bond donors (Lipinski definition) is 1. The fourth-order valence-corrected chi connectivity index (χ4v) is 1.93. The molecule has 0 aromatic heterocycles. The van der Waals surface area contributed by atoms with Crippen molar-refractivity contribution in [3.63, 3.8) is 0 Å². The standard InChI is InChI=1S/C13H29N/c1-5-8-13(9-6-2)10-11-14-12(4)7-3/h12-14H,5-11H2,1-4H3/t12-/m0/s1. The summed E-state index contributed by atoms with van der Waals surface area (Å²) in [4.78, 5) is 0. The highest BCUT2D eigenvalue weighted by Crippen LogP contribution is 2.16. The van der Waals surface area contributed by atoms with Crippen molar-refractivity contribution >= 4 is 0 Å². The Labute approximate surface area is 90.7 Å². The summed E-state index contributed by atoms with van der Waals surface area (Å²) in [5.41, 5.74) is 0. The van der Waals surface area contributed by atoms with Crippen molar-refractivity contribution in [2.45, 2.75) is 72.3 Å². The van der Waals surface area contributed by atoms with Crippen LogP contribution in [0, 0.1) is 5.92 Å². The molecule has 0 rings (SSSR count). The molecule has 0 amide bonds. The summed E-state index contributed by atoms with van der Waals surface area (Å²) >= 11 is 0. The van der Waals surface area contributed by atoms with E-state index in [2.05, 4.69) is 33.0 Å². The Hall–Kier alpha value is -0.0400. The molecule has 1 N–H and O–H groups in total. The molecule has 0 radical (unpaired) electrons. The lowest BCUT2D eigenvalue weighted by Crippen LogP contribution is -2.27. The summed E-state index contributed by atoms with van der Waals surface area (Å²) in [7, 11) is 0. The van der Waals surface area contributed by atoms with Crippen LogP contribution in [0.25, 0.3) is 0 Å². The first-order valence-electron chi connectivity index (χ1n) is 6.47. The molecule has 0 spiro atoms. The van der Waals surface area contributed by atoms with Gasteiger partial charge in [0, 0.05) is 6.04 Å². The molecular weight excluding hydrogens is 170 g/mol. The zero-order valence-corrected chi connectivity index (χ0v) is 10.6. The molecular formula is C13H29N. The van der Waals surface area contributed by atoms with E-state index in [0.29, 0.717) is 6.04 Å². The fraction of sp³-hybridized carbons (Fsp3) is 1.00. The maximum atomic E-state index is 3.58. The predicted octanol–water partition coefficient (Wildman–Crippen LogP) is 3.98. The molecule has 0 aliphatic heterocycles. The molecule has 0 aromatic carbocycles. The zero-order chi connectivity index (χ0) is 10.8. The van der Waals surface area contributed by atoms with E-state index in [9.17, 15) is 0 Å². The quantitative estimate of drug-likeness (QED) is 0.592. The number of hydrogen-bond acceptors (Lipinski definition) is 1. The van der Waals surface area contributed by atoms with Crippen LogP contribution in [0.5, 0.6) is 0 Å². The molecule has 0 fully saturated rings. The number of nitrogens with one attached hydrogen (secondary N) is 1. The Balaban J connectivity index is 3.49. The molecule has 1 heteroatoms. The van der Waals surface area contributed by atoms with Crippen molar-refractivity contribution in [3.8, 4) is 0 Å². The Kier molecular flexibility index (Phi) is 9.49. The zero-order valence-electron chi connectivity index (χ0n) is 10.6. The molecule has 86 valence electrons. The molecule has 1 atom stereocenters. The molecule has 0 saturated carbocycles. The van der Waals surface area contributed by atoms with Gasteiger partial charge in [0.05, 0.1) is 0 Å². The van der Waals surface area contributed by atoms with Crippen LogP contribution in [0.15, 0.2) is 0 Å². The van der Waals surface area contributed by atoms with E-state index < -0.39 is 0 Å². The van der Waals surface area contributed by atoms with Gasteiger partial charge in [0.2, 0.25) is 0 Å². The summed E-state index contributed by atoms with van der Waals surface area (Å²) in [6.45, 7) is 10.3. The van der Waals surface area contributed by atoms with Crippen LogP contribution in [0.2, 0.25) is 0 Å². The summed E-state index contributed by atoms with van der Waals surface area (Å²) in [5, 5.41) is 3.58. The van der Waals surface area contributed by atoms with Crippen molar-refractivity contribution in [2.24, 2.45) is 5.92 Å². The van der Waals surface area contributed by atoms with E-state index in [4.69, 9.17) is 0 Å². The van der Waals surface area contributed by atoms with Crippen LogP contribution in [-0.2, 0) is 0 Å². The summed E-state index contributed by atoms with van der Waals surface area (Å²) in [5.74, 6) is 0.960.